The quantitative estimate of drug-likeness (QED) is 0.826. The highest BCUT2D eigenvalue weighted by Gasteiger charge is 2.12. The fourth-order valence-electron chi connectivity index (χ4n) is 2.55. The normalized spacial score (nSPS) is 14.8. The second-order valence-corrected chi connectivity index (χ2v) is 5.39. The fourth-order valence-corrected chi connectivity index (χ4v) is 2.55. The summed E-state index contributed by atoms with van der Waals surface area (Å²) < 4.78 is 5.74. The van der Waals surface area contributed by atoms with Crippen LogP contribution < -0.4 is 15.0 Å². The van der Waals surface area contributed by atoms with Crippen LogP contribution in [0.3, 0.4) is 0 Å². The summed E-state index contributed by atoms with van der Waals surface area (Å²) in [7, 11) is 0. The minimum atomic E-state index is 0.615. The molecule has 116 valence electrons. The van der Waals surface area contributed by atoms with Gasteiger partial charge in [0.1, 0.15) is 0 Å². The maximum Gasteiger partial charge on any atom is 0.234 e. The predicted molar refractivity (Wildman–Crippen MR) is 87.4 cm³/mol. The number of hydrogen-bond donors (Lipinski definition) is 1. The SMILES string of the molecule is c1ccc(CCCOc2cncc(N3CCNCC3)n2)cc1. The molecule has 0 aliphatic carbocycles. The van der Waals surface area contributed by atoms with E-state index in [9.17, 15) is 0 Å². The fraction of sp³-hybridized carbons (Fsp3) is 0.412. The van der Waals surface area contributed by atoms with Gasteiger partial charge in [-0.2, -0.15) is 4.98 Å². The van der Waals surface area contributed by atoms with Crippen molar-refractivity contribution in [1.82, 2.24) is 15.3 Å². The number of benzene rings is 1. The molecule has 1 aromatic heterocycles. The van der Waals surface area contributed by atoms with E-state index >= 15 is 0 Å². The number of ether oxygens (including phenoxy) is 1. The van der Waals surface area contributed by atoms with Gasteiger partial charge in [0.25, 0.3) is 0 Å². The molecule has 1 N–H and O–H groups in total. The van der Waals surface area contributed by atoms with Crippen LogP contribution in [0.1, 0.15) is 12.0 Å². The third-order valence-electron chi connectivity index (χ3n) is 3.74. The highest BCUT2D eigenvalue weighted by atomic mass is 16.5. The molecule has 0 unspecified atom stereocenters. The van der Waals surface area contributed by atoms with Gasteiger partial charge in [-0.3, -0.25) is 4.98 Å². The van der Waals surface area contributed by atoms with E-state index in [2.05, 4.69) is 44.5 Å². The van der Waals surface area contributed by atoms with E-state index in [-0.39, 0.29) is 0 Å². The Morgan fingerprint density at radius 3 is 2.73 bits per heavy atom. The first-order valence-electron chi connectivity index (χ1n) is 7.86. The van der Waals surface area contributed by atoms with Crippen LogP contribution in [0.5, 0.6) is 5.88 Å². The van der Waals surface area contributed by atoms with E-state index < -0.39 is 0 Å². The number of hydrogen-bond acceptors (Lipinski definition) is 5. The Bertz CT molecular complexity index is 570. The van der Waals surface area contributed by atoms with Crippen molar-refractivity contribution in [2.75, 3.05) is 37.7 Å². The van der Waals surface area contributed by atoms with Crippen LogP contribution in [0.2, 0.25) is 0 Å². The Labute approximate surface area is 131 Å². The molecule has 0 amide bonds. The molecule has 0 spiro atoms. The number of aryl methyl sites for hydroxylation is 1. The molecule has 0 atom stereocenters. The summed E-state index contributed by atoms with van der Waals surface area (Å²) in [5.74, 6) is 1.52. The predicted octanol–water partition coefficient (Wildman–Crippen LogP) is 1.90. The largest absolute Gasteiger partial charge is 0.477 e. The zero-order chi connectivity index (χ0) is 15.0. The summed E-state index contributed by atoms with van der Waals surface area (Å²) in [5.41, 5.74) is 1.34. The van der Waals surface area contributed by atoms with Crippen LogP contribution in [0.4, 0.5) is 5.82 Å². The van der Waals surface area contributed by atoms with E-state index in [4.69, 9.17) is 4.74 Å². The minimum Gasteiger partial charge on any atom is -0.477 e. The second kappa shape index (κ2) is 7.75. The molecule has 22 heavy (non-hydrogen) atoms. The lowest BCUT2D eigenvalue weighted by Gasteiger charge is -2.28. The van der Waals surface area contributed by atoms with E-state index in [0.29, 0.717) is 12.5 Å². The maximum atomic E-state index is 5.74. The van der Waals surface area contributed by atoms with Crippen molar-refractivity contribution in [3.63, 3.8) is 0 Å². The lowest BCUT2D eigenvalue weighted by Crippen LogP contribution is -2.43. The van der Waals surface area contributed by atoms with Crippen molar-refractivity contribution in [2.24, 2.45) is 0 Å². The van der Waals surface area contributed by atoms with Gasteiger partial charge in [0.2, 0.25) is 5.88 Å². The molecule has 0 bridgehead atoms. The standard InChI is InChI=1S/C17H22N4O/c1-2-5-15(6-3-1)7-4-12-22-17-14-19-13-16(20-17)21-10-8-18-9-11-21/h1-3,5-6,13-14,18H,4,7-12H2. The van der Waals surface area contributed by atoms with Crippen LogP contribution in [0.15, 0.2) is 42.7 Å². The Kier molecular flexibility index (Phi) is 5.21. The van der Waals surface area contributed by atoms with Crippen LogP contribution in [0, 0.1) is 0 Å². The van der Waals surface area contributed by atoms with Crippen molar-refractivity contribution in [2.45, 2.75) is 12.8 Å². The highest BCUT2D eigenvalue weighted by Crippen LogP contribution is 2.14. The lowest BCUT2D eigenvalue weighted by molar-refractivity contribution is 0.298. The molecule has 1 saturated heterocycles. The number of nitrogens with zero attached hydrogens (tertiary/aromatic N) is 3. The van der Waals surface area contributed by atoms with E-state index in [0.717, 1.165) is 44.8 Å². The zero-order valence-corrected chi connectivity index (χ0v) is 12.7. The number of rotatable bonds is 6. The summed E-state index contributed by atoms with van der Waals surface area (Å²) in [5, 5.41) is 3.34. The van der Waals surface area contributed by atoms with Crippen molar-refractivity contribution in [3.05, 3.63) is 48.3 Å². The van der Waals surface area contributed by atoms with E-state index in [1.54, 1.807) is 6.20 Å². The molecule has 5 nitrogen and oxygen atoms in total. The first-order valence-corrected chi connectivity index (χ1v) is 7.86. The molecule has 1 aliphatic heterocycles. The summed E-state index contributed by atoms with van der Waals surface area (Å²) in [6, 6.07) is 10.5. The van der Waals surface area contributed by atoms with Crippen molar-refractivity contribution >= 4 is 5.82 Å². The van der Waals surface area contributed by atoms with Gasteiger partial charge < -0.3 is 15.0 Å². The maximum absolute atomic E-state index is 5.74. The van der Waals surface area contributed by atoms with Gasteiger partial charge in [-0.1, -0.05) is 30.3 Å². The number of piperazine rings is 1. The van der Waals surface area contributed by atoms with Gasteiger partial charge in [0.05, 0.1) is 19.0 Å². The topological polar surface area (TPSA) is 50.3 Å². The van der Waals surface area contributed by atoms with Crippen molar-refractivity contribution in [1.29, 1.82) is 0 Å². The smallest absolute Gasteiger partial charge is 0.234 e. The molecular formula is C17H22N4O. The Hall–Kier alpha value is -2.14. The second-order valence-electron chi connectivity index (χ2n) is 5.39. The molecule has 2 aromatic rings. The van der Waals surface area contributed by atoms with Crippen LogP contribution in [-0.4, -0.2) is 42.8 Å². The zero-order valence-electron chi connectivity index (χ0n) is 12.7. The first kappa shape index (κ1) is 14.8. The lowest BCUT2D eigenvalue weighted by atomic mass is 10.1. The number of anilines is 1. The molecule has 0 radical (unpaired) electrons. The summed E-state index contributed by atoms with van der Waals surface area (Å²) in [4.78, 5) is 11.0. The Morgan fingerprint density at radius 2 is 1.91 bits per heavy atom. The van der Waals surface area contributed by atoms with Crippen LogP contribution in [0.25, 0.3) is 0 Å². The molecule has 5 heteroatoms. The first-order chi connectivity index (χ1) is 10.9. The third kappa shape index (κ3) is 4.18. The van der Waals surface area contributed by atoms with Gasteiger partial charge in [-0.25, -0.2) is 0 Å². The third-order valence-corrected chi connectivity index (χ3v) is 3.74. The molecule has 1 fully saturated rings. The molecule has 3 rings (SSSR count). The summed E-state index contributed by atoms with van der Waals surface area (Å²) in [6.45, 7) is 4.57. The van der Waals surface area contributed by atoms with E-state index in [1.807, 2.05) is 12.3 Å². The van der Waals surface area contributed by atoms with Crippen molar-refractivity contribution in [3.8, 4) is 5.88 Å². The van der Waals surface area contributed by atoms with E-state index in [1.165, 1.54) is 5.56 Å². The number of aromatic nitrogens is 2. The van der Waals surface area contributed by atoms with Crippen molar-refractivity contribution < 1.29 is 4.74 Å². The molecule has 0 saturated carbocycles. The average molecular weight is 298 g/mol. The van der Waals surface area contributed by atoms with Gasteiger partial charge in [0.15, 0.2) is 5.82 Å². The van der Waals surface area contributed by atoms with Gasteiger partial charge in [-0.15, -0.1) is 0 Å². The highest BCUT2D eigenvalue weighted by molar-refractivity contribution is 5.38. The molecule has 2 heterocycles. The van der Waals surface area contributed by atoms with Gasteiger partial charge in [0, 0.05) is 26.2 Å². The summed E-state index contributed by atoms with van der Waals surface area (Å²) in [6.07, 6.45) is 5.49. The van der Waals surface area contributed by atoms with Crippen LogP contribution >= 0.6 is 0 Å². The molecule has 1 aromatic carbocycles. The minimum absolute atomic E-state index is 0.615. The van der Waals surface area contributed by atoms with Crippen LogP contribution in [-0.2, 0) is 6.42 Å². The Balaban J connectivity index is 1.48. The monoisotopic (exact) mass is 298 g/mol. The molecular weight excluding hydrogens is 276 g/mol. The average Bonchev–Trinajstić information content (AvgIpc) is 2.61. The van der Waals surface area contributed by atoms with Gasteiger partial charge >= 0.3 is 0 Å². The Morgan fingerprint density at radius 1 is 1.09 bits per heavy atom. The number of nitrogens with one attached hydrogen (secondary N) is 1. The summed E-state index contributed by atoms with van der Waals surface area (Å²) >= 11 is 0. The molecule has 1 aliphatic rings. The van der Waals surface area contributed by atoms with Gasteiger partial charge in [-0.05, 0) is 18.4 Å².